The Kier molecular flexibility index (Phi) is 6.37. The summed E-state index contributed by atoms with van der Waals surface area (Å²) in [5, 5.41) is 9.40. The Morgan fingerprint density at radius 2 is 1.95 bits per heavy atom. The van der Waals surface area contributed by atoms with E-state index in [0.717, 1.165) is 41.4 Å². The lowest BCUT2D eigenvalue weighted by Crippen LogP contribution is -2.31. The summed E-state index contributed by atoms with van der Waals surface area (Å²) >= 11 is 14.3. The molecule has 0 amide bonds. The molecule has 0 fully saturated rings. The highest BCUT2D eigenvalue weighted by atomic mass is 35.5. The predicted octanol–water partition coefficient (Wildman–Crippen LogP) is 5.21. The van der Waals surface area contributed by atoms with Gasteiger partial charge in [0.1, 0.15) is 0 Å². The van der Waals surface area contributed by atoms with E-state index < -0.39 is 0 Å². The van der Waals surface area contributed by atoms with E-state index in [0.29, 0.717) is 6.04 Å². The average Bonchev–Trinajstić information content (AvgIpc) is 2.93. The van der Waals surface area contributed by atoms with Crippen LogP contribution < -0.4 is 5.32 Å². The minimum absolute atomic E-state index is 0.400. The summed E-state index contributed by atoms with van der Waals surface area (Å²) in [6.45, 7) is 3.09. The maximum atomic E-state index is 6.26. The third-order valence-corrected chi connectivity index (χ3v) is 4.81. The summed E-state index contributed by atoms with van der Waals surface area (Å²) < 4.78 is 0. The van der Waals surface area contributed by atoms with Gasteiger partial charge in [-0.1, -0.05) is 36.2 Å². The predicted molar refractivity (Wildman–Crippen MR) is 90.3 cm³/mol. The lowest BCUT2D eigenvalue weighted by atomic mass is 10.00. The van der Waals surface area contributed by atoms with Gasteiger partial charge in [0.05, 0.1) is 0 Å². The zero-order chi connectivity index (χ0) is 14.4. The topological polar surface area (TPSA) is 12.0 Å². The molecule has 1 nitrogen and oxygen atoms in total. The van der Waals surface area contributed by atoms with E-state index in [2.05, 4.69) is 29.1 Å². The fourth-order valence-electron chi connectivity index (χ4n) is 2.31. The van der Waals surface area contributed by atoms with Crippen molar-refractivity contribution in [3.8, 4) is 0 Å². The van der Waals surface area contributed by atoms with Crippen molar-refractivity contribution >= 4 is 34.5 Å². The minimum atomic E-state index is 0.400. The molecule has 2 rings (SSSR count). The number of likely N-dealkylation sites (N-methyl/N-ethyl adjacent to an activating group) is 1. The number of halogens is 2. The Balaban J connectivity index is 2.01. The quantitative estimate of drug-likeness (QED) is 0.736. The summed E-state index contributed by atoms with van der Waals surface area (Å²) in [5.74, 6) is 0. The van der Waals surface area contributed by atoms with Gasteiger partial charge in [0, 0.05) is 16.1 Å². The van der Waals surface area contributed by atoms with E-state index in [1.165, 1.54) is 5.56 Å². The van der Waals surface area contributed by atoms with E-state index in [9.17, 15) is 0 Å². The van der Waals surface area contributed by atoms with Crippen LogP contribution in [0.4, 0.5) is 0 Å². The lowest BCUT2D eigenvalue weighted by Gasteiger charge is -2.19. The van der Waals surface area contributed by atoms with Gasteiger partial charge in [-0.3, -0.25) is 0 Å². The van der Waals surface area contributed by atoms with Crippen LogP contribution in [0.5, 0.6) is 0 Å². The van der Waals surface area contributed by atoms with Crippen LogP contribution in [-0.2, 0) is 12.8 Å². The molecule has 0 saturated heterocycles. The Labute approximate surface area is 134 Å². The molecule has 0 bridgehead atoms. The van der Waals surface area contributed by atoms with Gasteiger partial charge in [0.25, 0.3) is 0 Å². The second-order valence-corrected chi connectivity index (χ2v) is 6.42. The fourth-order valence-corrected chi connectivity index (χ4v) is 3.57. The number of hydrogen-bond acceptors (Lipinski definition) is 2. The number of aryl methyl sites for hydroxylation is 1. The number of nitrogens with one attached hydrogen (secondary N) is 1. The molecule has 0 radical (unpaired) electrons. The summed E-state index contributed by atoms with van der Waals surface area (Å²) in [4.78, 5) is 0. The molecule has 0 spiro atoms. The molecule has 0 aliphatic rings. The molecule has 20 heavy (non-hydrogen) atoms. The van der Waals surface area contributed by atoms with Crippen LogP contribution in [-0.4, -0.2) is 12.6 Å². The normalized spacial score (nSPS) is 12.6. The van der Waals surface area contributed by atoms with Crippen LogP contribution >= 0.6 is 34.5 Å². The van der Waals surface area contributed by atoms with Gasteiger partial charge in [-0.05, 0) is 65.9 Å². The van der Waals surface area contributed by atoms with Crippen molar-refractivity contribution < 1.29 is 0 Å². The first-order valence-electron chi connectivity index (χ1n) is 6.88. The fraction of sp³-hybridized carbons (Fsp3) is 0.375. The van der Waals surface area contributed by atoms with Crippen LogP contribution in [0.1, 0.15) is 24.5 Å². The largest absolute Gasteiger partial charge is 0.314 e. The highest BCUT2D eigenvalue weighted by Crippen LogP contribution is 2.26. The van der Waals surface area contributed by atoms with Crippen LogP contribution in [0.25, 0.3) is 0 Å². The van der Waals surface area contributed by atoms with Crippen molar-refractivity contribution in [3.05, 3.63) is 56.2 Å². The third kappa shape index (κ3) is 4.49. The number of rotatable bonds is 7. The minimum Gasteiger partial charge on any atom is -0.314 e. The molecule has 0 aliphatic carbocycles. The highest BCUT2D eigenvalue weighted by Gasteiger charge is 2.13. The summed E-state index contributed by atoms with van der Waals surface area (Å²) in [6, 6.07) is 8.30. The van der Waals surface area contributed by atoms with E-state index in [-0.39, 0.29) is 0 Å². The summed E-state index contributed by atoms with van der Waals surface area (Å²) in [6.07, 6.45) is 3.05. The standard InChI is InChI=1S/C16H19Cl2NS/c1-2-19-13(7-6-12-8-9-20-11-12)10-14-15(17)4-3-5-16(14)18/h3-5,8-9,11,13,19H,2,6-7,10H2,1H3. The zero-order valence-electron chi connectivity index (χ0n) is 11.5. The molecule has 1 aromatic carbocycles. The molecule has 1 N–H and O–H groups in total. The van der Waals surface area contributed by atoms with Crippen molar-refractivity contribution in [1.29, 1.82) is 0 Å². The van der Waals surface area contributed by atoms with Gasteiger partial charge in [-0.15, -0.1) is 0 Å². The van der Waals surface area contributed by atoms with E-state index in [1.54, 1.807) is 11.3 Å². The molecule has 1 heterocycles. The summed E-state index contributed by atoms with van der Waals surface area (Å²) in [5.41, 5.74) is 2.45. The van der Waals surface area contributed by atoms with E-state index in [1.807, 2.05) is 18.2 Å². The average molecular weight is 328 g/mol. The highest BCUT2D eigenvalue weighted by molar-refractivity contribution is 7.07. The van der Waals surface area contributed by atoms with Crippen LogP contribution in [0, 0.1) is 0 Å². The van der Waals surface area contributed by atoms with Gasteiger partial charge in [0.2, 0.25) is 0 Å². The van der Waals surface area contributed by atoms with Crippen molar-refractivity contribution in [2.75, 3.05) is 6.54 Å². The molecular weight excluding hydrogens is 309 g/mol. The van der Waals surface area contributed by atoms with Gasteiger partial charge in [-0.25, -0.2) is 0 Å². The molecule has 1 unspecified atom stereocenters. The molecule has 0 aliphatic heterocycles. The van der Waals surface area contributed by atoms with Gasteiger partial charge in [-0.2, -0.15) is 11.3 Å². The molecule has 2 aromatic rings. The third-order valence-electron chi connectivity index (χ3n) is 3.37. The molecule has 0 saturated carbocycles. The SMILES string of the molecule is CCNC(CCc1ccsc1)Cc1c(Cl)cccc1Cl. The van der Waals surface area contributed by atoms with Crippen molar-refractivity contribution in [2.45, 2.75) is 32.2 Å². The van der Waals surface area contributed by atoms with Crippen LogP contribution in [0.2, 0.25) is 10.0 Å². The van der Waals surface area contributed by atoms with Gasteiger partial charge >= 0.3 is 0 Å². The zero-order valence-corrected chi connectivity index (χ0v) is 13.9. The van der Waals surface area contributed by atoms with E-state index >= 15 is 0 Å². The molecule has 1 aromatic heterocycles. The number of hydrogen-bond donors (Lipinski definition) is 1. The molecule has 108 valence electrons. The summed E-state index contributed by atoms with van der Waals surface area (Å²) in [7, 11) is 0. The Hall–Kier alpha value is -0.540. The van der Waals surface area contributed by atoms with Crippen molar-refractivity contribution in [3.63, 3.8) is 0 Å². The Bertz CT molecular complexity index is 505. The maximum Gasteiger partial charge on any atom is 0.0453 e. The Morgan fingerprint density at radius 3 is 2.55 bits per heavy atom. The van der Waals surface area contributed by atoms with Crippen molar-refractivity contribution in [2.24, 2.45) is 0 Å². The first-order chi connectivity index (χ1) is 9.70. The number of thiophene rings is 1. The molecule has 4 heteroatoms. The smallest absolute Gasteiger partial charge is 0.0453 e. The van der Waals surface area contributed by atoms with Gasteiger partial charge in [0.15, 0.2) is 0 Å². The van der Waals surface area contributed by atoms with E-state index in [4.69, 9.17) is 23.2 Å². The molecule has 1 atom stereocenters. The first kappa shape index (κ1) is 15.8. The second kappa shape index (κ2) is 8.04. The van der Waals surface area contributed by atoms with Gasteiger partial charge < -0.3 is 5.32 Å². The molecular formula is C16H19Cl2NS. The Morgan fingerprint density at radius 1 is 1.20 bits per heavy atom. The maximum absolute atomic E-state index is 6.26. The second-order valence-electron chi connectivity index (χ2n) is 4.83. The monoisotopic (exact) mass is 327 g/mol. The van der Waals surface area contributed by atoms with Crippen LogP contribution in [0.3, 0.4) is 0 Å². The first-order valence-corrected chi connectivity index (χ1v) is 8.58. The number of benzene rings is 1. The van der Waals surface area contributed by atoms with Crippen LogP contribution in [0.15, 0.2) is 35.0 Å². The van der Waals surface area contributed by atoms with Crippen molar-refractivity contribution in [1.82, 2.24) is 5.32 Å². The lowest BCUT2D eigenvalue weighted by molar-refractivity contribution is 0.491.